The van der Waals surface area contributed by atoms with Gasteiger partial charge >= 0.3 is 12.0 Å². The number of carboxylic acids is 1. The first kappa shape index (κ1) is 12.8. The van der Waals surface area contributed by atoms with Gasteiger partial charge in [0, 0.05) is 25.2 Å². The van der Waals surface area contributed by atoms with Crippen LogP contribution < -0.4 is 11.1 Å². The lowest BCUT2D eigenvalue weighted by molar-refractivity contribution is -0.137. The first-order chi connectivity index (χ1) is 7.49. The summed E-state index contributed by atoms with van der Waals surface area (Å²) in [6.07, 6.45) is 1.56. The van der Waals surface area contributed by atoms with Crippen LogP contribution in [0, 0.1) is 0 Å². The van der Waals surface area contributed by atoms with Crippen molar-refractivity contribution in [3.8, 4) is 0 Å². The number of likely N-dealkylation sites (tertiary alicyclic amines) is 1. The van der Waals surface area contributed by atoms with Crippen molar-refractivity contribution < 1.29 is 14.7 Å². The van der Waals surface area contributed by atoms with Crippen LogP contribution in [-0.4, -0.2) is 47.2 Å². The standard InChI is InChI=1S/C10H19N3O3/c1-7(6-9(14)15)12-10(16)13-4-2-8(11)3-5-13/h7-8H,2-6,11H2,1H3,(H,12,16)(H,14,15). The van der Waals surface area contributed by atoms with Gasteiger partial charge in [0.25, 0.3) is 0 Å². The molecule has 2 amide bonds. The summed E-state index contributed by atoms with van der Waals surface area (Å²) < 4.78 is 0. The van der Waals surface area contributed by atoms with Crippen molar-refractivity contribution in [3.63, 3.8) is 0 Å². The number of nitrogens with one attached hydrogen (secondary N) is 1. The molecule has 1 fully saturated rings. The summed E-state index contributed by atoms with van der Waals surface area (Å²) in [7, 11) is 0. The molecule has 4 N–H and O–H groups in total. The van der Waals surface area contributed by atoms with Crippen molar-refractivity contribution in [2.75, 3.05) is 13.1 Å². The Balaban J connectivity index is 2.32. The number of carbonyl (C=O) groups excluding carboxylic acids is 1. The fraction of sp³-hybridized carbons (Fsp3) is 0.800. The normalized spacial score (nSPS) is 19.2. The van der Waals surface area contributed by atoms with Crippen molar-refractivity contribution in [1.82, 2.24) is 10.2 Å². The SMILES string of the molecule is CC(CC(=O)O)NC(=O)N1CCC(N)CC1. The lowest BCUT2D eigenvalue weighted by atomic mass is 10.1. The van der Waals surface area contributed by atoms with Crippen LogP contribution >= 0.6 is 0 Å². The molecule has 0 bridgehead atoms. The quantitative estimate of drug-likeness (QED) is 0.634. The van der Waals surface area contributed by atoms with E-state index in [-0.39, 0.29) is 24.5 Å². The number of aliphatic carboxylic acids is 1. The second-order valence-electron chi connectivity index (χ2n) is 4.27. The molecule has 0 aromatic carbocycles. The van der Waals surface area contributed by atoms with E-state index >= 15 is 0 Å². The topological polar surface area (TPSA) is 95.7 Å². The fourth-order valence-corrected chi connectivity index (χ4v) is 1.72. The Morgan fingerprint density at radius 1 is 1.50 bits per heavy atom. The molecule has 6 nitrogen and oxygen atoms in total. The van der Waals surface area contributed by atoms with Gasteiger partial charge in [0.1, 0.15) is 0 Å². The van der Waals surface area contributed by atoms with Crippen LogP contribution in [0.15, 0.2) is 0 Å². The van der Waals surface area contributed by atoms with Crippen molar-refractivity contribution in [3.05, 3.63) is 0 Å². The number of carboxylic acid groups (broad SMARTS) is 1. The second kappa shape index (κ2) is 5.69. The summed E-state index contributed by atoms with van der Waals surface area (Å²) >= 11 is 0. The minimum absolute atomic E-state index is 0.0565. The van der Waals surface area contributed by atoms with Gasteiger partial charge in [-0.05, 0) is 19.8 Å². The average Bonchev–Trinajstić information content (AvgIpc) is 2.16. The maximum absolute atomic E-state index is 11.7. The summed E-state index contributed by atoms with van der Waals surface area (Å²) in [5.74, 6) is -0.909. The molecule has 1 saturated heterocycles. The molecule has 92 valence electrons. The van der Waals surface area contributed by atoms with Gasteiger partial charge in [-0.25, -0.2) is 4.79 Å². The highest BCUT2D eigenvalue weighted by molar-refractivity contribution is 5.75. The van der Waals surface area contributed by atoms with E-state index in [4.69, 9.17) is 10.8 Å². The van der Waals surface area contributed by atoms with Gasteiger partial charge in [-0.2, -0.15) is 0 Å². The molecule has 0 aliphatic carbocycles. The molecule has 0 spiro atoms. The van der Waals surface area contributed by atoms with E-state index in [1.54, 1.807) is 11.8 Å². The Hall–Kier alpha value is -1.30. The van der Waals surface area contributed by atoms with Crippen LogP contribution in [0.1, 0.15) is 26.2 Å². The summed E-state index contributed by atoms with van der Waals surface area (Å²) in [5.41, 5.74) is 5.73. The van der Waals surface area contributed by atoms with Crippen molar-refractivity contribution >= 4 is 12.0 Å². The maximum Gasteiger partial charge on any atom is 0.317 e. The van der Waals surface area contributed by atoms with E-state index in [2.05, 4.69) is 5.32 Å². The zero-order valence-electron chi connectivity index (χ0n) is 9.48. The van der Waals surface area contributed by atoms with Crippen LogP contribution in [0.3, 0.4) is 0 Å². The number of urea groups is 1. The van der Waals surface area contributed by atoms with Gasteiger partial charge in [0.15, 0.2) is 0 Å². The number of piperidine rings is 1. The highest BCUT2D eigenvalue weighted by Gasteiger charge is 2.21. The van der Waals surface area contributed by atoms with Gasteiger partial charge in [-0.1, -0.05) is 0 Å². The van der Waals surface area contributed by atoms with E-state index in [1.165, 1.54) is 0 Å². The highest BCUT2D eigenvalue weighted by atomic mass is 16.4. The summed E-state index contributed by atoms with van der Waals surface area (Å²) in [4.78, 5) is 23.8. The number of hydrogen-bond acceptors (Lipinski definition) is 3. The molecule has 1 unspecified atom stereocenters. The smallest absolute Gasteiger partial charge is 0.317 e. The molecule has 1 atom stereocenters. The molecule has 1 aliphatic rings. The third kappa shape index (κ3) is 4.06. The molecule has 1 heterocycles. The zero-order chi connectivity index (χ0) is 12.1. The Labute approximate surface area is 94.8 Å². The minimum Gasteiger partial charge on any atom is -0.481 e. The molecule has 1 rings (SSSR count). The van der Waals surface area contributed by atoms with E-state index in [0.29, 0.717) is 13.1 Å². The van der Waals surface area contributed by atoms with Gasteiger partial charge in [0.05, 0.1) is 6.42 Å². The number of amides is 2. The summed E-state index contributed by atoms with van der Waals surface area (Å²) in [6, 6.07) is -0.359. The molecule has 6 heteroatoms. The van der Waals surface area contributed by atoms with Crippen LogP contribution in [0.5, 0.6) is 0 Å². The molecular weight excluding hydrogens is 210 g/mol. The lowest BCUT2D eigenvalue weighted by Gasteiger charge is -2.31. The molecule has 0 radical (unpaired) electrons. The molecule has 0 saturated carbocycles. The highest BCUT2D eigenvalue weighted by Crippen LogP contribution is 2.08. The van der Waals surface area contributed by atoms with Crippen molar-refractivity contribution in [2.24, 2.45) is 5.73 Å². The number of carbonyl (C=O) groups is 2. The molecule has 0 aromatic rings. The number of hydrogen-bond donors (Lipinski definition) is 3. The first-order valence-electron chi connectivity index (χ1n) is 5.52. The lowest BCUT2D eigenvalue weighted by Crippen LogP contribution is -2.49. The Morgan fingerprint density at radius 3 is 2.56 bits per heavy atom. The van der Waals surface area contributed by atoms with Crippen LogP contribution in [0.4, 0.5) is 4.79 Å². The Morgan fingerprint density at radius 2 is 2.06 bits per heavy atom. The van der Waals surface area contributed by atoms with Crippen LogP contribution in [0.2, 0.25) is 0 Å². The average molecular weight is 229 g/mol. The Bertz CT molecular complexity index is 262. The van der Waals surface area contributed by atoms with E-state index in [1.807, 2.05) is 0 Å². The van der Waals surface area contributed by atoms with Gasteiger partial charge in [-0.3, -0.25) is 4.79 Å². The van der Waals surface area contributed by atoms with Gasteiger partial charge in [-0.15, -0.1) is 0 Å². The molecule has 1 aliphatic heterocycles. The summed E-state index contributed by atoms with van der Waals surface area (Å²) in [6.45, 7) is 2.97. The van der Waals surface area contributed by atoms with E-state index in [9.17, 15) is 9.59 Å². The molecular formula is C10H19N3O3. The van der Waals surface area contributed by atoms with Crippen LogP contribution in [-0.2, 0) is 4.79 Å². The van der Waals surface area contributed by atoms with Gasteiger partial charge in [0.2, 0.25) is 0 Å². The monoisotopic (exact) mass is 229 g/mol. The first-order valence-corrected chi connectivity index (χ1v) is 5.52. The second-order valence-corrected chi connectivity index (χ2v) is 4.27. The number of rotatable bonds is 3. The fourth-order valence-electron chi connectivity index (χ4n) is 1.72. The molecule has 0 aromatic heterocycles. The molecule has 16 heavy (non-hydrogen) atoms. The Kier molecular flexibility index (Phi) is 4.54. The number of nitrogens with two attached hydrogens (primary N) is 1. The summed E-state index contributed by atoms with van der Waals surface area (Å²) in [5, 5.41) is 11.2. The van der Waals surface area contributed by atoms with Crippen molar-refractivity contribution in [2.45, 2.75) is 38.3 Å². The third-order valence-electron chi connectivity index (χ3n) is 2.68. The van der Waals surface area contributed by atoms with Gasteiger partial charge < -0.3 is 21.1 Å². The number of nitrogens with zero attached hydrogens (tertiary/aromatic N) is 1. The third-order valence-corrected chi connectivity index (χ3v) is 2.68. The minimum atomic E-state index is -0.909. The van der Waals surface area contributed by atoms with Crippen LogP contribution in [0.25, 0.3) is 0 Å². The predicted octanol–water partition coefficient (Wildman–Crippen LogP) is -0.0177. The zero-order valence-corrected chi connectivity index (χ0v) is 9.48. The predicted molar refractivity (Wildman–Crippen MR) is 59.0 cm³/mol. The van der Waals surface area contributed by atoms with Crippen molar-refractivity contribution in [1.29, 1.82) is 0 Å². The maximum atomic E-state index is 11.7. The van der Waals surface area contributed by atoms with E-state index in [0.717, 1.165) is 12.8 Å². The van der Waals surface area contributed by atoms with E-state index < -0.39 is 5.97 Å². The largest absolute Gasteiger partial charge is 0.481 e.